The third-order valence-corrected chi connectivity index (χ3v) is 3.13. The molecular formula is C12H13BrClF. The van der Waals surface area contributed by atoms with Crippen molar-refractivity contribution >= 4 is 33.6 Å². The zero-order valence-electron chi connectivity index (χ0n) is 8.73. The molecule has 0 aromatic heterocycles. The average molecular weight is 292 g/mol. The summed E-state index contributed by atoms with van der Waals surface area (Å²) in [6.45, 7) is 4.25. The Hall–Kier alpha value is -0.340. The van der Waals surface area contributed by atoms with Crippen molar-refractivity contribution in [2.24, 2.45) is 5.92 Å². The first-order valence-corrected chi connectivity index (χ1v) is 6.26. The molecule has 0 atom stereocenters. The summed E-state index contributed by atoms with van der Waals surface area (Å²) in [5, 5.41) is 0.987. The maximum absolute atomic E-state index is 12.9. The van der Waals surface area contributed by atoms with E-state index >= 15 is 0 Å². The molecule has 82 valence electrons. The molecule has 0 bridgehead atoms. The van der Waals surface area contributed by atoms with E-state index in [1.165, 1.54) is 11.6 Å². The van der Waals surface area contributed by atoms with Crippen LogP contribution in [0.15, 0.2) is 23.8 Å². The number of rotatable bonds is 3. The first kappa shape index (κ1) is 12.7. The SMILES string of the molecule is CC(C)/C(=C/c1ccc(F)c(Cl)c1)CBr. The van der Waals surface area contributed by atoms with Crippen molar-refractivity contribution in [1.29, 1.82) is 0 Å². The Labute approximate surface area is 103 Å². The van der Waals surface area contributed by atoms with E-state index in [0.717, 1.165) is 10.9 Å². The van der Waals surface area contributed by atoms with E-state index < -0.39 is 0 Å². The lowest BCUT2D eigenvalue weighted by molar-refractivity contribution is 0.628. The summed E-state index contributed by atoms with van der Waals surface area (Å²) < 4.78 is 12.9. The third-order valence-electron chi connectivity index (χ3n) is 2.19. The number of hydrogen-bond acceptors (Lipinski definition) is 0. The summed E-state index contributed by atoms with van der Waals surface area (Å²) in [4.78, 5) is 0. The molecule has 0 aliphatic carbocycles. The summed E-state index contributed by atoms with van der Waals surface area (Å²) >= 11 is 9.14. The van der Waals surface area contributed by atoms with E-state index in [9.17, 15) is 4.39 Å². The van der Waals surface area contributed by atoms with Gasteiger partial charge in [-0.2, -0.15) is 0 Å². The van der Waals surface area contributed by atoms with Crippen LogP contribution < -0.4 is 0 Å². The maximum Gasteiger partial charge on any atom is 0.141 e. The number of halogens is 3. The molecule has 0 spiro atoms. The molecule has 1 rings (SSSR count). The van der Waals surface area contributed by atoms with Crippen molar-refractivity contribution in [2.75, 3.05) is 5.33 Å². The molecule has 0 amide bonds. The molecule has 0 nitrogen and oxygen atoms in total. The minimum atomic E-state index is -0.376. The lowest BCUT2D eigenvalue weighted by Gasteiger charge is -2.08. The predicted molar refractivity (Wildman–Crippen MR) is 68.0 cm³/mol. The van der Waals surface area contributed by atoms with E-state index in [1.807, 2.05) is 6.08 Å². The maximum atomic E-state index is 12.9. The van der Waals surface area contributed by atoms with Crippen LogP contribution in [0.4, 0.5) is 4.39 Å². The molecule has 15 heavy (non-hydrogen) atoms. The van der Waals surface area contributed by atoms with Crippen molar-refractivity contribution < 1.29 is 4.39 Å². The first-order chi connectivity index (χ1) is 7.04. The normalized spacial score (nSPS) is 12.3. The van der Waals surface area contributed by atoms with Crippen LogP contribution in [-0.2, 0) is 0 Å². The van der Waals surface area contributed by atoms with Gasteiger partial charge in [-0.15, -0.1) is 0 Å². The highest BCUT2D eigenvalue weighted by atomic mass is 79.9. The van der Waals surface area contributed by atoms with Crippen LogP contribution in [0, 0.1) is 11.7 Å². The molecule has 1 aromatic rings. The van der Waals surface area contributed by atoms with E-state index in [1.54, 1.807) is 12.1 Å². The second-order valence-corrected chi connectivity index (χ2v) is 4.65. The smallest absolute Gasteiger partial charge is 0.141 e. The second kappa shape index (κ2) is 5.66. The van der Waals surface area contributed by atoms with Gasteiger partial charge in [0.1, 0.15) is 5.82 Å². The Morgan fingerprint density at radius 1 is 1.53 bits per heavy atom. The van der Waals surface area contributed by atoms with Gasteiger partial charge < -0.3 is 0 Å². The van der Waals surface area contributed by atoms with Gasteiger partial charge in [-0.05, 0) is 23.6 Å². The number of allylic oxidation sites excluding steroid dienone is 1. The van der Waals surface area contributed by atoms with E-state index in [4.69, 9.17) is 11.6 Å². The average Bonchev–Trinajstić information content (AvgIpc) is 2.19. The van der Waals surface area contributed by atoms with Crippen molar-refractivity contribution in [2.45, 2.75) is 13.8 Å². The molecule has 3 heteroatoms. The minimum Gasteiger partial charge on any atom is -0.205 e. The lowest BCUT2D eigenvalue weighted by Crippen LogP contribution is -1.94. The van der Waals surface area contributed by atoms with Crippen LogP contribution in [0.2, 0.25) is 5.02 Å². The summed E-state index contributed by atoms with van der Waals surface area (Å²) in [6.07, 6.45) is 2.03. The van der Waals surface area contributed by atoms with Gasteiger partial charge in [-0.25, -0.2) is 4.39 Å². The van der Waals surface area contributed by atoms with Crippen molar-refractivity contribution in [3.05, 3.63) is 40.2 Å². The fourth-order valence-electron chi connectivity index (χ4n) is 1.18. The minimum absolute atomic E-state index is 0.168. The Morgan fingerprint density at radius 2 is 2.20 bits per heavy atom. The Bertz CT molecular complexity index is 372. The molecule has 0 radical (unpaired) electrons. The molecule has 0 saturated heterocycles. The summed E-state index contributed by atoms with van der Waals surface area (Å²) in [6, 6.07) is 4.76. The number of alkyl halides is 1. The van der Waals surface area contributed by atoms with Gasteiger partial charge in [-0.3, -0.25) is 0 Å². The zero-order chi connectivity index (χ0) is 11.4. The summed E-state index contributed by atoms with van der Waals surface area (Å²) in [5.74, 6) is 0.0898. The van der Waals surface area contributed by atoms with Crippen LogP contribution in [0.5, 0.6) is 0 Å². The molecule has 0 heterocycles. The standard InChI is InChI=1S/C12H13BrClF/c1-8(2)10(7-13)5-9-3-4-12(15)11(14)6-9/h3-6,8H,7H2,1-2H3/b10-5+. The first-order valence-electron chi connectivity index (χ1n) is 4.76. The highest BCUT2D eigenvalue weighted by Crippen LogP contribution is 2.21. The zero-order valence-corrected chi connectivity index (χ0v) is 11.1. The van der Waals surface area contributed by atoms with Crippen molar-refractivity contribution in [1.82, 2.24) is 0 Å². The molecule has 0 N–H and O–H groups in total. The topological polar surface area (TPSA) is 0 Å². The molecule has 0 saturated carbocycles. The molecule has 0 aliphatic heterocycles. The van der Waals surface area contributed by atoms with E-state index in [0.29, 0.717) is 5.92 Å². The quantitative estimate of drug-likeness (QED) is 0.694. The van der Waals surface area contributed by atoms with Gasteiger partial charge >= 0.3 is 0 Å². The second-order valence-electron chi connectivity index (χ2n) is 3.68. The van der Waals surface area contributed by atoms with Gasteiger partial charge in [-0.1, -0.05) is 59.1 Å². The predicted octanol–water partition coefficient (Wildman–Crippen LogP) is 4.91. The van der Waals surface area contributed by atoms with Crippen LogP contribution in [0.25, 0.3) is 6.08 Å². The highest BCUT2D eigenvalue weighted by Gasteiger charge is 2.03. The fourth-order valence-corrected chi connectivity index (χ4v) is 2.17. The molecule has 0 fully saturated rings. The summed E-state index contributed by atoms with van der Waals surface area (Å²) in [5.41, 5.74) is 2.20. The largest absolute Gasteiger partial charge is 0.205 e. The van der Waals surface area contributed by atoms with Crippen LogP contribution >= 0.6 is 27.5 Å². The van der Waals surface area contributed by atoms with Crippen molar-refractivity contribution in [3.63, 3.8) is 0 Å². The Morgan fingerprint density at radius 3 is 2.67 bits per heavy atom. The van der Waals surface area contributed by atoms with Crippen LogP contribution in [0.3, 0.4) is 0 Å². The molecule has 0 aliphatic rings. The van der Waals surface area contributed by atoms with Crippen LogP contribution in [0.1, 0.15) is 19.4 Å². The van der Waals surface area contributed by atoms with Crippen molar-refractivity contribution in [3.8, 4) is 0 Å². The van der Waals surface area contributed by atoms with Gasteiger partial charge in [0.2, 0.25) is 0 Å². The highest BCUT2D eigenvalue weighted by molar-refractivity contribution is 9.09. The van der Waals surface area contributed by atoms with Gasteiger partial charge in [0.25, 0.3) is 0 Å². The number of benzene rings is 1. The summed E-state index contributed by atoms with van der Waals surface area (Å²) in [7, 11) is 0. The van der Waals surface area contributed by atoms with Gasteiger partial charge in [0.05, 0.1) is 5.02 Å². The van der Waals surface area contributed by atoms with E-state index in [-0.39, 0.29) is 10.8 Å². The van der Waals surface area contributed by atoms with Crippen LogP contribution in [-0.4, -0.2) is 5.33 Å². The molecule has 1 aromatic carbocycles. The molecular weight excluding hydrogens is 278 g/mol. The Balaban J connectivity index is 3.01. The third kappa shape index (κ3) is 3.62. The lowest BCUT2D eigenvalue weighted by atomic mass is 10.0. The number of hydrogen-bond donors (Lipinski definition) is 0. The molecule has 0 unspecified atom stereocenters. The fraction of sp³-hybridized carbons (Fsp3) is 0.333. The van der Waals surface area contributed by atoms with Gasteiger partial charge in [0.15, 0.2) is 0 Å². The monoisotopic (exact) mass is 290 g/mol. The Kier molecular flexibility index (Phi) is 4.81. The van der Waals surface area contributed by atoms with Gasteiger partial charge in [0, 0.05) is 5.33 Å². The van der Waals surface area contributed by atoms with E-state index in [2.05, 4.69) is 29.8 Å².